The third kappa shape index (κ3) is 4.57. The summed E-state index contributed by atoms with van der Waals surface area (Å²) in [6, 6.07) is 13.7. The van der Waals surface area contributed by atoms with Crippen molar-refractivity contribution in [2.75, 3.05) is 13.6 Å². The Labute approximate surface area is 124 Å². The first-order valence-corrected chi connectivity index (χ1v) is 6.84. The second-order valence-electron chi connectivity index (χ2n) is 4.99. The van der Waals surface area contributed by atoms with E-state index in [2.05, 4.69) is 22.1 Å². The van der Waals surface area contributed by atoms with Crippen molar-refractivity contribution in [3.8, 4) is 0 Å². The van der Waals surface area contributed by atoms with Crippen LogP contribution in [0, 0.1) is 0 Å². The van der Waals surface area contributed by atoms with Crippen molar-refractivity contribution in [1.82, 2.24) is 9.88 Å². The zero-order valence-corrected chi connectivity index (χ0v) is 12.1. The Balaban J connectivity index is 1.92. The van der Waals surface area contributed by atoms with Crippen LogP contribution in [0.5, 0.6) is 0 Å². The quantitative estimate of drug-likeness (QED) is 0.367. The fourth-order valence-corrected chi connectivity index (χ4v) is 2.13. The van der Waals surface area contributed by atoms with Gasteiger partial charge in [0.05, 0.1) is 0 Å². The molecule has 0 amide bonds. The van der Waals surface area contributed by atoms with Gasteiger partial charge in [0, 0.05) is 37.0 Å². The lowest BCUT2D eigenvalue weighted by Crippen LogP contribution is -2.21. The Morgan fingerprint density at radius 2 is 2.14 bits per heavy atom. The van der Waals surface area contributed by atoms with Gasteiger partial charge in [-0.05, 0) is 30.8 Å². The number of pyridine rings is 1. The van der Waals surface area contributed by atoms with E-state index in [0.29, 0.717) is 0 Å². The van der Waals surface area contributed by atoms with Crippen LogP contribution in [0.4, 0.5) is 0 Å². The molecule has 0 atom stereocenters. The second-order valence-corrected chi connectivity index (χ2v) is 4.99. The van der Waals surface area contributed by atoms with E-state index in [9.17, 15) is 0 Å². The van der Waals surface area contributed by atoms with Gasteiger partial charge in [0.1, 0.15) is 0 Å². The summed E-state index contributed by atoms with van der Waals surface area (Å²) in [6.07, 6.45) is 2.73. The largest absolute Gasteiger partial charge is 0.409 e. The van der Waals surface area contributed by atoms with Gasteiger partial charge in [0.2, 0.25) is 0 Å². The number of hydrogen-bond donors (Lipinski definition) is 2. The highest BCUT2D eigenvalue weighted by atomic mass is 16.4. The van der Waals surface area contributed by atoms with E-state index in [0.717, 1.165) is 36.3 Å². The summed E-state index contributed by atoms with van der Waals surface area (Å²) >= 11 is 0. The van der Waals surface area contributed by atoms with Gasteiger partial charge in [-0.15, -0.1) is 0 Å². The molecule has 0 saturated heterocycles. The van der Waals surface area contributed by atoms with E-state index >= 15 is 0 Å². The second kappa shape index (κ2) is 7.40. The average molecular weight is 284 g/mol. The van der Waals surface area contributed by atoms with E-state index in [1.54, 1.807) is 0 Å². The molecule has 0 aliphatic rings. The fraction of sp³-hybridized carbons (Fsp3) is 0.250. The monoisotopic (exact) mass is 284 g/mol. The number of nitrogens with two attached hydrogens (primary N) is 1. The summed E-state index contributed by atoms with van der Waals surface area (Å²) < 4.78 is 0. The highest BCUT2D eigenvalue weighted by molar-refractivity contribution is 5.97. The fourth-order valence-electron chi connectivity index (χ4n) is 2.13. The van der Waals surface area contributed by atoms with E-state index in [1.165, 1.54) is 0 Å². The molecular formula is C16H20N4O. The van der Waals surface area contributed by atoms with Gasteiger partial charge in [-0.2, -0.15) is 0 Å². The lowest BCUT2D eigenvalue weighted by molar-refractivity contribution is 0.318. The van der Waals surface area contributed by atoms with Crippen molar-refractivity contribution >= 4 is 5.84 Å². The third-order valence-corrected chi connectivity index (χ3v) is 3.26. The molecule has 0 aliphatic heterocycles. The average Bonchev–Trinajstić information content (AvgIpc) is 2.53. The molecule has 21 heavy (non-hydrogen) atoms. The molecule has 5 nitrogen and oxygen atoms in total. The lowest BCUT2D eigenvalue weighted by atomic mass is 10.1. The molecule has 0 fully saturated rings. The predicted octanol–water partition coefficient (Wildman–Crippen LogP) is 1.85. The Kier molecular flexibility index (Phi) is 5.29. The van der Waals surface area contributed by atoms with Crippen molar-refractivity contribution in [3.63, 3.8) is 0 Å². The standard InChI is InChI=1S/C16H20N4O/c1-20(10-8-15-7-2-3-9-18-15)12-13-5-4-6-14(11-13)16(17)19-21/h2-7,9,11,21H,8,10,12H2,1H3,(H2,17,19). The molecule has 0 bridgehead atoms. The summed E-state index contributed by atoms with van der Waals surface area (Å²) in [6.45, 7) is 1.73. The van der Waals surface area contributed by atoms with Crippen LogP contribution in [0.3, 0.4) is 0 Å². The van der Waals surface area contributed by atoms with Crippen LogP contribution in [0.1, 0.15) is 16.8 Å². The van der Waals surface area contributed by atoms with E-state index in [1.807, 2.05) is 48.7 Å². The van der Waals surface area contributed by atoms with Crippen LogP contribution in [-0.4, -0.2) is 34.5 Å². The summed E-state index contributed by atoms with van der Waals surface area (Å²) in [4.78, 5) is 6.54. The van der Waals surface area contributed by atoms with Crippen LogP contribution < -0.4 is 5.73 Å². The van der Waals surface area contributed by atoms with Crippen molar-refractivity contribution < 1.29 is 5.21 Å². The lowest BCUT2D eigenvalue weighted by Gasteiger charge is -2.16. The number of amidine groups is 1. The third-order valence-electron chi connectivity index (χ3n) is 3.26. The molecular weight excluding hydrogens is 264 g/mol. The molecule has 110 valence electrons. The Bertz CT molecular complexity index is 598. The van der Waals surface area contributed by atoms with E-state index in [-0.39, 0.29) is 5.84 Å². The zero-order valence-electron chi connectivity index (χ0n) is 12.1. The number of aromatic nitrogens is 1. The van der Waals surface area contributed by atoms with Gasteiger partial charge in [0.25, 0.3) is 0 Å². The molecule has 2 rings (SSSR count). The van der Waals surface area contributed by atoms with Crippen LogP contribution >= 0.6 is 0 Å². The summed E-state index contributed by atoms with van der Waals surface area (Å²) in [5.41, 5.74) is 8.56. The highest BCUT2D eigenvalue weighted by Gasteiger charge is 2.04. The first-order valence-electron chi connectivity index (χ1n) is 6.84. The van der Waals surface area contributed by atoms with Crippen LogP contribution in [-0.2, 0) is 13.0 Å². The number of nitrogens with zero attached hydrogens (tertiary/aromatic N) is 3. The number of hydrogen-bond acceptors (Lipinski definition) is 4. The van der Waals surface area contributed by atoms with Gasteiger partial charge in [0.15, 0.2) is 5.84 Å². The molecule has 1 aromatic carbocycles. The molecule has 5 heteroatoms. The van der Waals surface area contributed by atoms with Crippen molar-refractivity contribution in [2.45, 2.75) is 13.0 Å². The molecule has 0 spiro atoms. The first-order chi connectivity index (χ1) is 10.2. The highest BCUT2D eigenvalue weighted by Crippen LogP contribution is 2.08. The molecule has 0 aliphatic carbocycles. The minimum Gasteiger partial charge on any atom is -0.409 e. The van der Waals surface area contributed by atoms with Crippen LogP contribution in [0.25, 0.3) is 0 Å². The molecule has 1 heterocycles. The molecule has 0 saturated carbocycles. The maximum Gasteiger partial charge on any atom is 0.170 e. The number of oxime groups is 1. The normalized spacial score (nSPS) is 11.8. The van der Waals surface area contributed by atoms with E-state index in [4.69, 9.17) is 10.9 Å². The summed E-state index contributed by atoms with van der Waals surface area (Å²) in [7, 11) is 2.07. The predicted molar refractivity (Wildman–Crippen MR) is 83.2 cm³/mol. The van der Waals surface area contributed by atoms with Gasteiger partial charge in [-0.3, -0.25) is 4.98 Å². The molecule has 2 aromatic rings. The van der Waals surface area contributed by atoms with Crippen LogP contribution in [0.2, 0.25) is 0 Å². The van der Waals surface area contributed by atoms with E-state index < -0.39 is 0 Å². The molecule has 0 radical (unpaired) electrons. The Hall–Kier alpha value is -2.40. The smallest absolute Gasteiger partial charge is 0.170 e. The number of rotatable bonds is 6. The van der Waals surface area contributed by atoms with Crippen LogP contribution in [0.15, 0.2) is 53.8 Å². The first kappa shape index (κ1) is 15.0. The number of benzene rings is 1. The minimum atomic E-state index is 0.132. The van der Waals surface area contributed by atoms with Crippen molar-refractivity contribution in [3.05, 3.63) is 65.5 Å². The summed E-state index contributed by atoms with van der Waals surface area (Å²) in [5.74, 6) is 0.132. The Morgan fingerprint density at radius 3 is 2.86 bits per heavy atom. The molecule has 0 unspecified atom stereocenters. The number of likely N-dealkylation sites (N-methyl/N-ethyl adjacent to an activating group) is 1. The SMILES string of the molecule is CN(CCc1ccccn1)Cc1cccc(/C(N)=N/O)c1. The van der Waals surface area contributed by atoms with Gasteiger partial charge >= 0.3 is 0 Å². The van der Waals surface area contributed by atoms with Gasteiger partial charge in [-0.25, -0.2) is 0 Å². The van der Waals surface area contributed by atoms with Crippen molar-refractivity contribution in [1.29, 1.82) is 0 Å². The van der Waals surface area contributed by atoms with Gasteiger partial charge in [-0.1, -0.05) is 29.4 Å². The van der Waals surface area contributed by atoms with Crippen molar-refractivity contribution in [2.24, 2.45) is 10.9 Å². The van der Waals surface area contributed by atoms with Gasteiger partial charge < -0.3 is 15.8 Å². The Morgan fingerprint density at radius 1 is 1.29 bits per heavy atom. The zero-order chi connectivity index (χ0) is 15.1. The minimum absolute atomic E-state index is 0.132. The maximum absolute atomic E-state index is 8.72. The topological polar surface area (TPSA) is 74.7 Å². The maximum atomic E-state index is 8.72. The molecule has 3 N–H and O–H groups in total. The molecule has 1 aromatic heterocycles. The summed E-state index contributed by atoms with van der Waals surface area (Å²) in [5, 5.41) is 11.7.